The average molecular weight is 254 g/mol. The molecule has 0 radical (unpaired) electrons. The number of benzene rings is 1. The minimum Gasteiger partial charge on any atom is -0.454 e. The maximum absolute atomic E-state index is 13.2. The van der Waals surface area contributed by atoms with Crippen molar-refractivity contribution in [3.8, 4) is 0 Å². The molecular weight excluding hydrogens is 246 g/mol. The first-order valence-corrected chi connectivity index (χ1v) is 4.97. The summed E-state index contributed by atoms with van der Waals surface area (Å²) in [6.07, 6.45) is 0. The van der Waals surface area contributed by atoms with Crippen LogP contribution in [0, 0.1) is 18.6 Å². The molecule has 0 amide bonds. The molecular formula is C11H8F2N2O3. The third-order valence-electron chi connectivity index (χ3n) is 2.05. The zero-order valence-electron chi connectivity index (χ0n) is 9.31. The van der Waals surface area contributed by atoms with Gasteiger partial charge in [0.2, 0.25) is 11.7 Å². The number of carbonyl (C=O) groups excluding carboxylic acids is 1. The molecule has 1 aromatic carbocycles. The van der Waals surface area contributed by atoms with Crippen molar-refractivity contribution in [1.29, 1.82) is 0 Å². The fraction of sp³-hybridized carbons (Fsp3) is 0.182. The van der Waals surface area contributed by atoms with Gasteiger partial charge >= 0.3 is 5.97 Å². The predicted molar refractivity (Wildman–Crippen MR) is 54.5 cm³/mol. The molecule has 2 aromatic rings. The van der Waals surface area contributed by atoms with E-state index >= 15 is 0 Å². The Balaban J connectivity index is 2.03. The number of hydrogen-bond donors (Lipinski definition) is 0. The summed E-state index contributed by atoms with van der Waals surface area (Å²) in [4.78, 5) is 15.3. The molecule has 18 heavy (non-hydrogen) atoms. The van der Waals surface area contributed by atoms with Gasteiger partial charge in [-0.3, -0.25) is 0 Å². The Labute approximate surface area is 100 Å². The molecule has 0 atom stereocenters. The van der Waals surface area contributed by atoms with E-state index in [1.165, 1.54) is 0 Å². The maximum atomic E-state index is 13.2. The predicted octanol–water partition coefficient (Wildman–Crippen LogP) is 2.01. The first kappa shape index (κ1) is 12.2. The molecule has 94 valence electrons. The highest BCUT2D eigenvalue weighted by Gasteiger charge is 2.15. The maximum Gasteiger partial charge on any atom is 0.341 e. The van der Waals surface area contributed by atoms with Gasteiger partial charge < -0.3 is 9.26 Å². The highest BCUT2D eigenvalue weighted by molar-refractivity contribution is 5.89. The van der Waals surface area contributed by atoms with Crippen LogP contribution >= 0.6 is 0 Å². The van der Waals surface area contributed by atoms with Gasteiger partial charge in [0.1, 0.15) is 11.6 Å². The van der Waals surface area contributed by atoms with Crippen molar-refractivity contribution < 1.29 is 22.8 Å². The average Bonchev–Trinajstić information content (AvgIpc) is 2.72. The number of carbonyl (C=O) groups is 1. The van der Waals surface area contributed by atoms with Crippen LogP contribution in [0.2, 0.25) is 0 Å². The second-order valence-electron chi connectivity index (χ2n) is 3.43. The molecule has 0 bridgehead atoms. The summed E-state index contributed by atoms with van der Waals surface area (Å²) < 4.78 is 35.3. The van der Waals surface area contributed by atoms with Gasteiger partial charge in [0, 0.05) is 13.0 Å². The monoisotopic (exact) mass is 254 g/mol. The fourth-order valence-corrected chi connectivity index (χ4v) is 1.26. The normalized spacial score (nSPS) is 10.4. The van der Waals surface area contributed by atoms with Crippen molar-refractivity contribution >= 4 is 5.97 Å². The quantitative estimate of drug-likeness (QED) is 0.784. The lowest BCUT2D eigenvalue weighted by Gasteiger charge is -2.03. The first-order valence-electron chi connectivity index (χ1n) is 4.97. The zero-order chi connectivity index (χ0) is 13.1. The van der Waals surface area contributed by atoms with E-state index in [9.17, 15) is 13.6 Å². The third-order valence-corrected chi connectivity index (χ3v) is 2.05. The lowest BCUT2D eigenvalue weighted by molar-refractivity contribution is 0.0454. The van der Waals surface area contributed by atoms with Crippen LogP contribution in [0.1, 0.15) is 22.1 Å². The van der Waals surface area contributed by atoms with Crippen molar-refractivity contribution in [2.75, 3.05) is 0 Å². The van der Waals surface area contributed by atoms with E-state index in [1.807, 2.05) is 0 Å². The summed E-state index contributed by atoms with van der Waals surface area (Å²) in [6.45, 7) is 1.34. The molecule has 1 heterocycles. The van der Waals surface area contributed by atoms with Gasteiger partial charge in [-0.2, -0.15) is 4.98 Å². The van der Waals surface area contributed by atoms with E-state index in [4.69, 9.17) is 4.74 Å². The van der Waals surface area contributed by atoms with E-state index in [1.54, 1.807) is 6.92 Å². The molecule has 0 N–H and O–H groups in total. The number of rotatable bonds is 3. The molecule has 5 nitrogen and oxygen atoms in total. The second-order valence-corrected chi connectivity index (χ2v) is 3.43. The van der Waals surface area contributed by atoms with Crippen LogP contribution in [-0.4, -0.2) is 16.1 Å². The highest BCUT2D eigenvalue weighted by atomic mass is 19.1. The highest BCUT2D eigenvalue weighted by Crippen LogP contribution is 2.11. The molecule has 0 aliphatic carbocycles. The first-order chi connectivity index (χ1) is 8.56. The molecule has 0 aliphatic heterocycles. The number of esters is 1. The molecule has 0 fully saturated rings. The van der Waals surface area contributed by atoms with Crippen molar-refractivity contribution in [3.05, 3.63) is 47.1 Å². The second kappa shape index (κ2) is 4.91. The van der Waals surface area contributed by atoms with Crippen LogP contribution in [0.5, 0.6) is 0 Å². The Morgan fingerprint density at radius 3 is 2.83 bits per heavy atom. The van der Waals surface area contributed by atoms with Gasteiger partial charge in [0.15, 0.2) is 6.61 Å². The molecule has 0 saturated carbocycles. The topological polar surface area (TPSA) is 65.2 Å². The molecule has 0 unspecified atom stereocenters. The van der Waals surface area contributed by atoms with E-state index in [0.29, 0.717) is 12.0 Å². The van der Waals surface area contributed by atoms with Crippen molar-refractivity contribution in [2.24, 2.45) is 0 Å². The van der Waals surface area contributed by atoms with Crippen molar-refractivity contribution in [3.63, 3.8) is 0 Å². The molecule has 1 aromatic heterocycles. The van der Waals surface area contributed by atoms with E-state index in [0.717, 1.165) is 12.1 Å². The van der Waals surface area contributed by atoms with Crippen LogP contribution in [0.4, 0.5) is 8.78 Å². The van der Waals surface area contributed by atoms with Crippen LogP contribution < -0.4 is 0 Å². The molecule has 0 aliphatic rings. The number of aromatic nitrogens is 2. The third kappa shape index (κ3) is 2.68. The summed E-state index contributed by atoms with van der Waals surface area (Å²) in [6, 6.07) is 2.59. The fourth-order valence-electron chi connectivity index (χ4n) is 1.26. The van der Waals surface area contributed by atoms with Gasteiger partial charge in [-0.15, -0.1) is 0 Å². The zero-order valence-corrected chi connectivity index (χ0v) is 9.31. The number of hydrogen-bond acceptors (Lipinski definition) is 5. The SMILES string of the molecule is Cc1nc(COC(=O)c2ccc(F)cc2F)no1. The minimum absolute atomic E-state index is 0.170. The molecule has 0 spiro atoms. The summed E-state index contributed by atoms with van der Waals surface area (Å²) in [5.41, 5.74) is -0.350. The lowest BCUT2D eigenvalue weighted by atomic mass is 10.2. The Morgan fingerprint density at radius 1 is 1.44 bits per heavy atom. The van der Waals surface area contributed by atoms with E-state index < -0.39 is 17.6 Å². The molecule has 0 saturated heterocycles. The van der Waals surface area contributed by atoms with Crippen LogP contribution in [-0.2, 0) is 11.3 Å². The Bertz CT molecular complexity index is 583. The summed E-state index contributed by atoms with van der Waals surface area (Å²) in [5.74, 6) is -2.17. The lowest BCUT2D eigenvalue weighted by Crippen LogP contribution is -2.08. The molecule has 7 heteroatoms. The number of aryl methyl sites for hydroxylation is 1. The van der Waals surface area contributed by atoms with Crippen molar-refractivity contribution in [1.82, 2.24) is 10.1 Å². The minimum atomic E-state index is -0.982. The standard InChI is InChI=1S/C11H8F2N2O3/c1-6-14-10(15-18-6)5-17-11(16)8-3-2-7(12)4-9(8)13/h2-4H,5H2,1H3. The van der Waals surface area contributed by atoms with Gasteiger partial charge in [-0.1, -0.05) is 5.16 Å². The largest absolute Gasteiger partial charge is 0.454 e. The summed E-state index contributed by atoms with van der Waals surface area (Å²) >= 11 is 0. The Hall–Kier alpha value is -2.31. The van der Waals surface area contributed by atoms with Gasteiger partial charge in [0.05, 0.1) is 5.56 Å². The van der Waals surface area contributed by atoms with Gasteiger partial charge in [0.25, 0.3) is 0 Å². The smallest absolute Gasteiger partial charge is 0.341 e. The Kier molecular flexibility index (Phi) is 3.31. The Morgan fingerprint density at radius 2 is 2.22 bits per heavy atom. The van der Waals surface area contributed by atoms with Crippen molar-refractivity contribution in [2.45, 2.75) is 13.5 Å². The van der Waals surface area contributed by atoms with Gasteiger partial charge in [-0.25, -0.2) is 13.6 Å². The van der Waals surface area contributed by atoms with Crippen LogP contribution in [0.15, 0.2) is 22.7 Å². The summed E-state index contributed by atoms with van der Waals surface area (Å²) in [5, 5.41) is 3.50. The van der Waals surface area contributed by atoms with Crippen LogP contribution in [0.3, 0.4) is 0 Å². The van der Waals surface area contributed by atoms with E-state index in [2.05, 4.69) is 14.7 Å². The number of nitrogens with zero attached hydrogens (tertiary/aromatic N) is 2. The number of halogens is 2. The molecule has 2 rings (SSSR count). The summed E-state index contributed by atoms with van der Waals surface area (Å²) in [7, 11) is 0. The van der Waals surface area contributed by atoms with Gasteiger partial charge in [-0.05, 0) is 12.1 Å². The number of ether oxygens (including phenoxy) is 1. The van der Waals surface area contributed by atoms with E-state index in [-0.39, 0.29) is 18.0 Å². The van der Waals surface area contributed by atoms with Crippen LogP contribution in [0.25, 0.3) is 0 Å².